The van der Waals surface area contributed by atoms with Crippen LogP contribution >= 0.6 is 55.1 Å². The fraction of sp³-hybridized carbons (Fsp3) is 0.0769. The quantitative estimate of drug-likeness (QED) is 0.608. The van der Waals surface area contributed by atoms with Gasteiger partial charge in [-0.1, -0.05) is 45.2 Å². The summed E-state index contributed by atoms with van der Waals surface area (Å²) in [5.41, 5.74) is 1.57. The minimum atomic E-state index is -0.385. The van der Waals surface area contributed by atoms with E-state index < -0.39 is 0 Å². The van der Waals surface area contributed by atoms with Crippen LogP contribution in [0.3, 0.4) is 0 Å². The molecule has 6 heteroatoms. The van der Waals surface area contributed by atoms with Crippen molar-refractivity contribution in [2.45, 2.75) is 6.54 Å². The summed E-state index contributed by atoms with van der Waals surface area (Å²) in [5, 5.41) is 4.11. The molecule has 0 bridgehead atoms. The van der Waals surface area contributed by atoms with E-state index in [1.807, 2.05) is 18.2 Å². The summed E-state index contributed by atoms with van der Waals surface area (Å²) in [6.45, 7) is 0.496. The normalized spacial score (nSPS) is 10.6. The molecule has 0 saturated carbocycles. The minimum absolute atomic E-state index is 0.320. The molecule has 0 fully saturated rings. The van der Waals surface area contributed by atoms with Crippen LogP contribution in [0.5, 0.6) is 0 Å². The van der Waals surface area contributed by atoms with Gasteiger partial charge in [0, 0.05) is 20.5 Å². The molecule has 2 rings (SSSR count). The molecule has 0 amide bonds. The smallest absolute Gasteiger partial charge is 0.125 e. The molecule has 0 aliphatic heterocycles. The molecular formula is C13H8Br2Cl2FN. The Hall–Kier alpha value is -0.290. The highest BCUT2D eigenvalue weighted by Gasteiger charge is 2.09. The third-order valence-corrected chi connectivity index (χ3v) is 4.25. The first-order valence-corrected chi connectivity index (χ1v) is 7.64. The number of anilines is 1. The molecule has 0 unspecified atom stereocenters. The van der Waals surface area contributed by atoms with Gasteiger partial charge < -0.3 is 5.32 Å². The van der Waals surface area contributed by atoms with Crippen LogP contribution in [0.25, 0.3) is 0 Å². The van der Waals surface area contributed by atoms with Crippen LogP contribution in [0.2, 0.25) is 10.0 Å². The van der Waals surface area contributed by atoms with Crippen molar-refractivity contribution in [3.05, 3.63) is 60.7 Å². The van der Waals surface area contributed by atoms with Crippen LogP contribution in [-0.2, 0) is 6.54 Å². The van der Waals surface area contributed by atoms with E-state index in [4.69, 9.17) is 23.2 Å². The Morgan fingerprint density at radius 3 is 2.42 bits per heavy atom. The van der Waals surface area contributed by atoms with Gasteiger partial charge in [0.05, 0.1) is 10.7 Å². The number of nitrogens with one attached hydrogen (secondary N) is 1. The Morgan fingerprint density at radius 2 is 1.79 bits per heavy atom. The van der Waals surface area contributed by atoms with E-state index in [-0.39, 0.29) is 5.82 Å². The van der Waals surface area contributed by atoms with Gasteiger partial charge in [0.1, 0.15) is 5.82 Å². The summed E-state index contributed by atoms with van der Waals surface area (Å²) in [6.07, 6.45) is 0. The van der Waals surface area contributed by atoms with Crippen LogP contribution in [-0.4, -0.2) is 0 Å². The molecule has 0 aliphatic carbocycles. The lowest BCUT2D eigenvalue weighted by molar-refractivity contribution is 0.627. The second kappa shape index (κ2) is 6.44. The summed E-state index contributed by atoms with van der Waals surface area (Å²) < 4.78 is 14.6. The number of halogens is 5. The van der Waals surface area contributed by atoms with Gasteiger partial charge >= 0.3 is 0 Å². The van der Waals surface area contributed by atoms with E-state index in [9.17, 15) is 4.39 Å². The van der Waals surface area contributed by atoms with Crippen molar-refractivity contribution in [3.63, 3.8) is 0 Å². The number of benzene rings is 2. The molecule has 0 spiro atoms. The van der Waals surface area contributed by atoms with Gasteiger partial charge in [0.2, 0.25) is 0 Å². The van der Waals surface area contributed by atoms with Crippen molar-refractivity contribution in [2.24, 2.45) is 0 Å². The van der Waals surface area contributed by atoms with Gasteiger partial charge in [-0.2, -0.15) is 0 Å². The van der Waals surface area contributed by atoms with Crippen LogP contribution in [0.4, 0.5) is 10.1 Å². The van der Waals surface area contributed by atoms with Gasteiger partial charge in [-0.25, -0.2) is 4.39 Å². The Labute approximate surface area is 137 Å². The Balaban J connectivity index is 2.19. The highest BCUT2D eigenvalue weighted by molar-refractivity contribution is 9.10. The molecule has 0 atom stereocenters. The zero-order valence-electron chi connectivity index (χ0n) is 9.48. The molecule has 1 N–H and O–H groups in total. The molecule has 100 valence electrons. The van der Waals surface area contributed by atoms with Gasteiger partial charge in [0.15, 0.2) is 0 Å². The summed E-state index contributed by atoms with van der Waals surface area (Å²) in [4.78, 5) is 0. The molecule has 0 saturated heterocycles. The maximum atomic E-state index is 13.1. The van der Waals surface area contributed by atoms with Crippen molar-refractivity contribution in [1.82, 2.24) is 0 Å². The third kappa shape index (κ3) is 3.85. The molecule has 0 aliphatic rings. The molecule has 2 aromatic carbocycles. The van der Waals surface area contributed by atoms with Gasteiger partial charge in [-0.15, -0.1) is 0 Å². The van der Waals surface area contributed by atoms with Crippen molar-refractivity contribution < 1.29 is 4.39 Å². The SMILES string of the molecule is Fc1cc(Cl)c(NCc2ccc(Br)cc2Cl)c(Br)c1. The first-order valence-electron chi connectivity index (χ1n) is 5.29. The highest BCUT2D eigenvalue weighted by Crippen LogP contribution is 2.32. The summed E-state index contributed by atoms with van der Waals surface area (Å²) in [7, 11) is 0. The molecule has 2 aromatic rings. The van der Waals surface area contributed by atoms with Crippen LogP contribution < -0.4 is 5.32 Å². The van der Waals surface area contributed by atoms with E-state index in [1.165, 1.54) is 12.1 Å². The van der Waals surface area contributed by atoms with E-state index >= 15 is 0 Å². The Kier molecular flexibility index (Phi) is 5.12. The van der Waals surface area contributed by atoms with Crippen LogP contribution in [0.1, 0.15) is 5.56 Å². The average Bonchev–Trinajstić information content (AvgIpc) is 2.30. The predicted octanol–water partition coefficient (Wildman–Crippen LogP) is 6.27. The summed E-state index contributed by atoms with van der Waals surface area (Å²) in [6, 6.07) is 8.25. The van der Waals surface area contributed by atoms with Gasteiger partial charge in [-0.3, -0.25) is 0 Å². The van der Waals surface area contributed by atoms with Crippen molar-refractivity contribution in [2.75, 3.05) is 5.32 Å². The van der Waals surface area contributed by atoms with Crippen LogP contribution in [0, 0.1) is 5.82 Å². The standard InChI is InChI=1S/C13H8Br2Cl2FN/c14-8-2-1-7(11(16)3-8)6-19-13-10(15)4-9(18)5-12(13)17/h1-5,19H,6H2. The molecule has 0 heterocycles. The average molecular weight is 428 g/mol. The molecule has 0 aromatic heterocycles. The predicted molar refractivity (Wildman–Crippen MR) is 85.6 cm³/mol. The molecular weight excluding hydrogens is 420 g/mol. The maximum absolute atomic E-state index is 13.1. The topological polar surface area (TPSA) is 12.0 Å². The second-order valence-corrected chi connectivity index (χ2v) is 6.42. The first kappa shape index (κ1) is 15.1. The summed E-state index contributed by atoms with van der Waals surface area (Å²) >= 11 is 18.7. The maximum Gasteiger partial charge on any atom is 0.125 e. The number of hydrogen-bond acceptors (Lipinski definition) is 1. The third-order valence-electron chi connectivity index (χ3n) is 2.48. The highest BCUT2D eigenvalue weighted by atomic mass is 79.9. The monoisotopic (exact) mass is 425 g/mol. The first-order chi connectivity index (χ1) is 8.97. The van der Waals surface area contributed by atoms with Gasteiger partial charge in [-0.05, 0) is 45.8 Å². The molecule has 19 heavy (non-hydrogen) atoms. The lowest BCUT2D eigenvalue weighted by Crippen LogP contribution is -2.02. The molecule has 0 radical (unpaired) electrons. The van der Waals surface area contributed by atoms with Crippen molar-refractivity contribution in [1.29, 1.82) is 0 Å². The van der Waals surface area contributed by atoms with E-state index in [0.29, 0.717) is 26.8 Å². The number of rotatable bonds is 3. The van der Waals surface area contributed by atoms with Gasteiger partial charge in [0.25, 0.3) is 0 Å². The largest absolute Gasteiger partial charge is 0.379 e. The zero-order chi connectivity index (χ0) is 14.0. The summed E-state index contributed by atoms with van der Waals surface area (Å²) in [5.74, 6) is -0.385. The second-order valence-electron chi connectivity index (χ2n) is 3.83. The fourth-order valence-electron chi connectivity index (χ4n) is 1.56. The fourth-order valence-corrected chi connectivity index (χ4v) is 3.26. The van der Waals surface area contributed by atoms with E-state index in [0.717, 1.165) is 10.0 Å². The Morgan fingerprint density at radius 1 is 1.05 bits per heavy atom. The zero-order valence-corrected chi connectivity index (χ0v) is 14.2. The van der Waals surface area contributed by atoms with E-state index in [2.05, 4.69) is 37.2 Å². The molecule has 1 nitrogen and oxygen atoms in total. The minimum Gasteiger partial charge on any atom is -0.379 e. The Bertz CT molecular complexity index is 597. The van der Waals surface area contributed by atoms with Crippen molar-refractivity contribution >= 4 is 60.7 Å². The lowest BCUT2D eigenvalue weighted by atomic mass is 10.2. The lowest BCUT2D eigenvalue weighted by Gasteiger charge is -2.12. The van der Waals surface area contributed by atoms with E-state index in [1.54, 1.807) is 0 Å². The number of hydrogen-bond donors (Lipinski definition) is 1. The van der Waals surface area contributed by atoms with Crippen molar-refractivity contribution in [3.8, 4) is 0 Å². The van der Waals surface area contributed by atoms with Crippen LogP contribution in [0.15, 0.2) is 39.3 Å².